The molecular weight excluding hydrogens is 210 g/mol. The minimum Gasteiger partial charge on any atom is -0.396 e. The smallest absolute Gasteiger partial charge is 0.187 e. The molecule has 0 saturated carbocycles. The Morgan fingerprint density at radius 1 is 1.47 bits per heavy atom. The summed E-state index contributed by atoms with van der Waals surface area (Å²) in [6.45, 7) is 3.20. The molecule has 0 aromatic carbocycles. The van der Waals surface area contributed by atoms with Crippen LogP contribution in [0.5, 0.6) is 0 Å². The summed E-state index contributed by atoms with van der Waals surface area (Å²) in [6, 6.07) is 2.13. The molecule has 15 heavy (non-hydrogen) atoms. The van der Waals surface area contributed by atoms with Gasteiger partial charge in [-0.3, -0.25) is 0 Å². The summed E-state index contributed by atoms with van der Waals surface area (Å²) in [5, 5.41) is 13.0. The zero-order valence-corrected chi connectivity index (χ0v) is 9.70. The lowest BCUT2D eigenvalue weighted by Crippen LogP contribution is -2.32. The SMILES string of the molecule is CCNC(CCO)CSc1ncccn1. The van der Waals surface area contributed by atoms with Crippen molar-refractivity contribution in [3.05, 3.63) is 18.5 Å². The lowest BCUT2D eigenvalue weighted by Gasteiger charge is -2.15. The van der Waals surface area contributed by atoms with Gasteiger partial charge in [0.1, 0.15) is 0 Å². The predicted octanol–water partition coefficient (Wildman–Crippen LogP) is 0.929. The highest BCUT2D eigenvalue weighted by atomic mass is 32.2. The lowest BCUT2D eigenvalue weighted by molar-refractivity contribution is 0.271. The Balaban J connectivity index is 2.33. The van der Waals surface area contributed by atoms with Crippen LogP contribution >= 0.6 is 11.8 Å². The summed E-state index contributed by atoms with van der Waals surface area (Å²) in [5.41, 5.74) is 0. The van der Waals surface area contributed by atoms with E-state index in [2.05, 4.69) is 22.2 Å². The third-order valence-corrected chi connectivity index (χ3v) is 2.96. The molecule has 1 aromatic rings. The molecule has 0 saturated heterocycles. The number of nitrogens with one attached hydrogen (secondary N) is 1. The number of aliphatic hydroxyl groups excluding tert-OH is 1. The zero-order chi connectivity index (χ0) is 10.9. The van der Waals surface area contributed by atoms with Crippen molar-refractivity contribution in [1.29, 1.82) is 0 Å². The number of hydrogen-bond acceptors (Lipinski definition) is 5. The van der Waals surface area contributed by atoms with Gasteiger partial charge in [-0.25, -0.2) is 9.97 Å². The molecule has 84 valence electrons. The molecule has 1 atom stereocenters. The summed E-state index contributed by atoms with van der Waals surface area (Å²) >= 11 is 1.61. The molecule has 2 N–H and O–H groups in total. The van der Waals surface area contributed by atoms with Crippen molar-refractivity contribution < 1.29 is 5.11 Å². The van der Waals surface area contributed by atoms with E-state index in [1.165, 1.54) is 0 Å². The number of aromatic nitrogens is 2. The Kier molecular flexibility index (Phi) is 6.31. The fraction of sp³-hybridized carbons (Fsp3) is 0.600. The molecule has 0 amide bonds. The van der Waals surface area contributed by atoms with Crippen molar-refractivity contribution >= 4 is 11.8 Å². The van der Waals surface area contributed by atoms with Crippen LogP contribution < -0.4 is 5.32 Å². The molecule has 1 heterocycles. The average molecular weight is 227 g/mol. The molecular formula is C10H17N3OS. The fourth-order valence-corrected chi connectivity index (χ4v) is 2.13. The Morgan fingerprint density at radius 2 is 2.20 bits per heavy atom. The monoisotopic (exact) mass is 227 g/mol. The summed E-state index contributed by atoms with van der Waals surface area (Å²) in [6.07, 6.45) is 4.25. The molecule has 1 unspecified atom stereocenters. The van der Waals surface area contributed by atoms with E-state index in [-0.39, 0.29) is 6.61 Å². The van der Waals surface area contributed by atoms with Gasteiger partial charge in [-0.2, -0.15) is 0 Å². The van der Waals surface area contributed by atoms with Crippen LogP contribution in [0.2, 0.25) is 0 Å². The topological polar surface area (TPSA) is 58.0 Å². The first-order valence-electron chi connectivity index (χ1n) is 5.11. The highest BCUT2D eigenvalue weighted by Crippen LogP contribution is 2.13. The third-order valence-electron chi connectivity index (χ3n) is 1.93. The average Bonchev–Trinajstić information content (AvgIpc) is 2.28. The first-order chi connectivity index (χ1) is 7.36. The van der Waals surface area contributed by atoms with Gasteiger partial charge >= 0.3 is 0 Å². The van der Waals surface area contributed by atoms with Crippen LogP contribution in [-0.2, 0) is 0 Å². The normalized spacial score (nSPS) is 12.7. The maximum absolute atomic E-state index is 8.88. The fourth-order valence-electron chi connectivity index (χ4n) is 1.22. The predicted molar refractivity (Wildman–Crippen MR) is 61.9 cm³/mol. The second-order valence-corrected chi connectivity index (χ2v) is 4.10. The highest BCUT2D eigenvalue weighted by Gasteiger charge is 2.07. The minimum absolute atomic E-state index is 0.216. The van der Waals surface area contributed by atoms with E-state index in [0.29, 0.717) is 6.04 Å². The molecule has 0 aliphatic rings. The third kappa shape index (κ3) is 5.11. The van der Waals surface area contributed by atoms with Crippen LogP contribution in [0.1, 0.15) is 13.3 Å². The van der Waals surface area contributed by atoms with Crippen LogP contribution in [-0.4, -0.2) is 40.0 Å². The standard InChI is InChI=1S/C10H17N3OS/c1-2-11-9(4-7-14)8-15-10-12-5-3-6-13-10/h3,5-6,9,11,14H,2,4,7-8H2,1H3. The van der Waals surface area contributed by atoms with Gasteiger partial charge in [-0.1, -0.05) is 18.7 Å². The van der Waals surface area contributed by atoms with Crippen molar-refractivity contribution in [2.45, 2.75) is 24.5 Å². The molecule has 1 rings (SSSR count). The van der Waals surface area contributed by atoms with Crippen molar-refractivity contribution in [1.82, 2.24) is 15.3 Å². The van der Waals surface area contributed by atoms with E-state index in [9.17, 15) is 0 Å². The van der Waals surface area contributed by atoms with Gasteiger partial charge in [0.15, 0.2) is 5.16 Å². The molecule has 0 radical (unpaired) electrons. The van der Waals surface area contributed by atoms with Gasteiger partial charge in [0, 0.05) is 30.8 Å². The van der Waals surface area contributed by atoms with Gasteiger partial charge < -0.3 is 10.4 Å². The molecule has 1 aromatic heterocycles. The number of hydrogen-bond donors (Lipinski definition) is 2. The summed E-state index contributed by atoms with van der Waals surface area (Å²) in [5.74, 6) is 0.887. The lowest BCUT2D eigenvalue weighted by atomic mass is 10.2. The Morgan fingerprint density at radius 3 is 2.80 bits per heavy atom. The maximum atomic E-state index is 8.88. The van der Waals surface area contributed by atoms with E-state index < -0.39 is 0 Å². The van der Waals surface area contributed by atoms with Gasteiger partial charge in [0.05, 0.1) is 0 Å². The first kappa shape index (κ1) is 12.4. The van der Waals surface area contributed by atoms with Gasteiger partial charge in [0.25, 0.3) is 0 Å². The van der Waals surface area contributed by atoms with E-state index in [1.807, 2.05) is 0 Å². The van der Waals surface area contributed by atoms with Crippen molar-refractivity contribution in [3.8, 4) is 0 Å². The zero-order valence-electron chi connectivity index (χ0n) is 8.89. The van der Waals surface area contributed by atoms with E-state index in [1.54, 1.807) is 30.2 Å². The summed E-state index contributed by atoms with van der Waals surface area (Å²) < 4.78 is 0. The molecule has 5 heteroatoms. The summed E-state index contributed by atoms with van der Waals surface area (Å²) in [4.78, 5) is 8.27. The first-order valence-corrected chi connectivity index (χ1v) is 6.09. The molecule has 0 aliphatic heterocycles. The number of rotatable bonds is 7. The number of aliphatic hydroxyl groups is 1. The number of thioether (sulfide) groups is 1. The molecule has 0 fully saturated rings. The molecule has 4 nitrogen and oxygen atoms in total. The van der Waals surface area contributed by atoms with E-state index in [0.717, 1.165) is 23.9 Å². The van der Waals surface area contributed by atoms with Crippen LogP contribution in [0.3, 0.4) is 0 Å². The van der Waals surface area contributed by atoms with Gasteiger partial charge in [-0.15, -0.1) is 0 Å². The molecule has 0 bridgehead atoms. The van der Waals surface area contributed by atoms with Crippen molar-refractivity contribution in [2.24, 2.45) is 0 Å². The molecule has 0 spiro atoms. The van der Waals surface area contributed by atoms with Crippen molar-refractivity contribution in [2.75, 3.05) is 18.9 Å². The van der Waals surface area contributed by atoms with Crippen molar-refractivity contribution in [3.63, 3.8) is 0 Å². The summed E-state index contributed by atoms with van der Waals surface area (Å²) in [7, 11) is 0. The molecule has 0 aliphatic carbocycles. The van der Waals surface area contributed by atoms with Gasteiger partial charge in [-0.05, 0) is 19.0 Å². The quantitative estimate of drug-likeness (QED) is 0.536. The Labute approximate surface area is 94.5 Å². The highest BCUT2D eigenvalue weighted by molar-refractivity contribution is 7.99. The van der Waals surface area contributed by atoms with Crippen LogP contribution in [0.15, 0.2) is 23.6 Å². The minimum atomic E-state index is 0.216. The van der Waals surface area contributed by atoms with E-state index in [4.69, 9.17) is 5.11 Å². The van der Waals surface area contributed by atoms with Crippen LogP contribution in [0.4, 0.5) is 0 Å². The Hall–Kier alpha value is -0.650. The Bertz CT molecular complexity index is 252. The van der Waals surface area contributed by atoms with E-state index >= 15 is 0 Å². The maximum Gasteiger partial charge on any atom is 0.187 e. The van der Waals surface area contributed by atoms with Gasteiger partial charge in [0.2, 0.25) is 0 Å². The van der Waals surface area contributed by atoms with Crippen LogP contribution in [0.25, 0.3) is 0 Å². The largest absolute Gasteiger partial charge is 0.396 e. The second-order valence-electron chi connectivity index (χ2n) is 3.11. The van der Waals surface area contributed by atoms with Crippen LogP contribution in [0, 0.1) is 0 Å². The number of nitrogens with zero attached hydrogens (tertiary/aromatic N) is 2. The second kappa shape index (κ2) is 7.62.